The standard InChI is InChI=1S/C28H24FN3O5S/c1-18-5-7-21(8-6-18)38(34,35)32-12-10-22-23(17-33)27(24(29)15-25(22)32)28(37-26-4-2-3-13-36-26)19-9-11-31-20(14-19)16-30/h5-12,14-15,17,26,28H,2-4,13H2,1H3. The summed E-state index contributed by atoms with van der Waals surface area (Å²) < 4.78 is 55.6. The molecule has 2 atom stereocenters. The van der Waals surface area contributed by atoms with Gasteiger partial charge in [-0.2, -0.15) is 5.26 Å². The summed E-state index contributed by atoms with van der Waals surface area (Å²) in [4.78, 5) is 16.4. The molecule has 5 rings (SSSR count). The van der Waals surface area contributed by atoms with E-state index in [0.717, 1.165) is 28.4 Å². The summed E-state index contributed by atoms with van der Waals surface area (Å²) in [5.74, 6) is -0.824. The molecule has 1 fully saturated rings. The Hall–Kier alpha value is -3.91. The first kappa shape index (κ1) is 25.7. The zero-order chi connectivity index (χ0) is 26.9. The van der Waals surface area contributed by atoms with E-state index in [2.05, 4.69) is 4.98 Å². The van der Waals surface area contributed by atoms with Gasteiger partial charge in [0.1, 0.15) is 23.7 Å². The van der Waals surface area contributed by atoms with Gasteiger partial charge in [-0.15, -0.1) is 0 Å². The molecule has 1 aliphatic heterocycles. The second-order valence-corrected chi connectivity index (χ2v) is 10.9. The minimum Gasteiger partial charge on any atom is -0.353 e. The normalized spacial score (nSPS) is 16.7. The number of pyridine rings is 1. The second-order valence-electron chi connectivity index (χ2n) is 9.06. The van der Waals surface area contributed by atoms with E-state index in [4.69, 9.17) is 9.47 Å². The number of fused-ring (bicyclic) bond motifs is 1. The van der Waals surface area contributed by atoms with E-state index in [1.54, 1.807) is 18.2 Å². The molecule has 0 radical (unpaired) electrons. The number of aldehydes is 1. The van der Waals surface area contributed by atoms with Gasteiger partial charge in [0.15, 0.2) is 12.6 Å². The van der Waals surface area contributed by atoms with Crippen LogP contribution in [0, 0.1) is 24.1 Å². The van der Waals surface area contributed by atoms with E-state index < -0.39 is 28.2 Å². The first-order valence-electron chi connectivity index (χ1n) is 12.1. The van der Waals surface area contributed by atoms with Crippen molar-refractivity contribution in [2.45, 2.75) is 43.5 Å². The highest BCUT2D eigenvalue weighted by Crippen LogP contribution is 2.37. The molecule has 8 nitrogen and oxygen atoms in total. The van der Waals surface area contributed by atoms with Gasteiger partial charge in [0.25, 0.3) is 10.0 Å². The summed E-state index contributed by atoms with van der Waals surface area (Å²) in [7, 11) is -4.06. The van der Waals surface area contributed by atoms with Gasteiger partial charge in [-0.25, -0.2) is 21.8 Å². The van der Waals surface area contributed by atoms with Crippen LogP contribution in [0.25, 0.3) is 10.9 Å². The molecule has 0 amide bonds. The van der Waals surface area contributed by atoms with E-state index in [1.807, 2.05) is 13.0 Å². The van der Waals surface area contributed by atoms with E-state index in [-0.39, 0.29) is 32.6 Å². The van der Waals surface area contributed by atoms with Crippen LogP contribution in [-0.2, 0) is 19.5 Å². The van der Waals surface area contributed by atoms with Crippen LogP contribution in [0.3, 0.4) is 0 Å². The van der Waals surface area contributed by atoms with Gasteiger partial charge in [-0.3, -0.25) is 4.79 Å². The quantitative estimate of drug-likeness (QED) is 0.306. The van der Waals surface area contributed by atoms with Gasteiger partial charge in [-0.05, 0) is 68.1 Å². The Morgan fingerprint density at radius 3 is 2.68 bits per heavy atom. The maximum atomic E-state index is 16.0. The molecular weight excluding hydrogens is 509 g/mol. The van der Waals surface area contributed by atoms with Crippen LogP contribution in [0.2, 0.25) is 0 Å². The molecule has 38 heavy (non-hydrogen) atoms. The average molecular weight is 534 g/mol. The molecule has 0 aliphatic carbocycles. The number of hydrogen-bond donors (Lipinski definition) is 0. The Bertz CT molecular complexity index is 1650. The van der Waals surface area contributed by atoms with Crippen LogP contribution in [0.5, 0.6) is 0 Å². The van der Waals surface area contributed by atoms with Gasteiger partial charge < -0.3 is 9.47 Å². The van der Waals surface area contributed by atoms with E-state index in [0.29, 0.717) is 24.9 Å². The first-order valence-corrected chi connectivity index (χ1v) is 13.5. The lowest BCUT2D eigenvalue weighted by atomic mass is 9.94. The van der Waals surface area contributed by atoms with Crippen LogP contribution in [0.15, 0.2) is 65.8 Å². The predicted octanol–water partition coefficient (Wildman–Crippen LogP) is 5.04. The van der Waals surface area contributed by atoms with Crippen LogP contribution in [-0.4, -0.2) is 36.6 Å². The fourth-order valence-corrected chi connectivity index (χ4v) is 5.99. The zero-order valence-corrected chi connectivity index (χ0v) is 21.3. The van der Waals surface area contributed by atoms with E-state index in [9.17, 15) is 18.5 Å². The maximum Gasteiger partial charge on any atom is 0.268 e. The highest BCUT2D eigenvalue weighted by Gasteiger charge is 2.30. The lowest BCUT2D eigenvalue weighted by Crippen LogP contribution is -2.26. The molecule has 1 saturated heterocycles. The molecular formula is C28H24FN3O5S. The minimum absolute atomic E-state index is 0.0223. The van der Waals surface area contributed by atoms with Crippen molar-refractivity contribution in [3.8, 4) is 6.07 Å². The fraction of sp³-hybridized carbons (Fsp3) is 0.250. The molecule has 1 aliphatic rings. The largest absolute Gasteiger partial charge is 0.353 e. The summed E-state index contributed by atoms with van der Waals surface area (Å²) in [5, 5.41) is 9.60. The van der Waals surface area contributed by atoms with Crippen molar-refractivity contribution in [2.24, 2.45) is 0 Å². The molecule has 0 saturated carbocycles. The predicted molar refractivity (Wildman–Crippen MR) is 137 cm³/mol. The molecule has 4 aromatic rings. The molecule has 2 aromatic carbocycles. The monoisotopic (exact) mass is 533 g/mol. The fourth-order valence-electron chi connectivity index (χ4n) is 4.65. The molecule has 0 spiro atoms. The summed E-state index contributed by atoms with van der Waals surface area (Å²) in [6, 6.07) is 13.9. The van der Waals surface area contributed by atoms with Gasteiger partial charge in [0.05, 0.1) is 10.4 Å². The van der Waals surface area contributed by atoms with Crippen LogP contribution in [0.1, 0.15) is 58.1 Å². The van der Waals surface area contributed by atoms with Crippen molar-refractivity contribution < 1.29 is 27.1 Å². The van der Waals surface area contributed by atoms with Crippen molar-refractivity contribution in [1.82, 2.24) is 8.96 Å². The molecule has 194 valence electrons. The van der Waals surface area contributed by atoms with E-state index >= 15 is 4.39 Å². The Kier molecular flexibility index (Phi) is 7.08. The lowest BCUT2D eigenvalue weighted by Gasteiger charge is -2.29. The summed E-state index contributed by atoms with van der Waals surface area (Å²) >= 11 is 0. The number of aryl methyl sites for hydroxylation is 1. The average Bonchev–Trinajstić information content (AvgIpc) is 3.36. The first-order chi connectivity index (χ1) is 18.3. The lowest BCUT2D eigenvalue weighted by molar-refractivity contribution is -0.181. The van der Waals surface area contributed by atoms with Crippen molar-refractivity contribution >= 4 is 27.2 Å². The zero-order valence-electron chi connectivity index (χ0n) is 20.5. The number of carbonyl (C=O) groups is 1. The SMILES string of the molecule is Cc1ccc(S(=O)(=O)n2ccc3c(C=O)c(C(OC4CCCCO4)c4ccnc(C#N)c4)c(F)cc32)cc1. The summed E-state index contributed by atoms with van der Waals surface area (Å²) in [6.07, 6.45) is 3.78. The van der Waals surface area contributed by atoms with Crippen LogP contribution in [0.4, 0.5) is 4.39 Å². The topological polar surface area (TPSA) is 111 Å². The summed E-state index contributed by atoms with van der Waals surface area (Å²) in [5.41, 5.74) is 1.32. The number of aromatic nitrogens is 2. The molecule has 0 N–H and O–H groups in total. The number of benzene rings is 2. The summed E-state index contributed by atoms with van der Waals surface area (Å²) in [6.45, 7) is 2.33. The Morgan fingerprint density at radius 1 is 1.21 bits per heavy atom. The highest BCUT2D eigenvalue weighted by atomic mass is 32.2. The molecule has 2 aromatic heterocycles. The number of nitriles is 1. The number of ether oxygens (including phenoxy) is 2. The van der Waals surface area contributed by atoms with Crippen molar-refractivity contribution in [3.05, 3.63) is 94.7 Å². The van der Waals surface area contributed by atoms with Crippen molar-refractivity contribution in [3.63, 3.8) is 0 Å². The highest BCUT2D eigenvalue weighted by molar-refractivity contribution is 7.90. The third-order valence-electron chi connectivity index (χ3n) is 6.58. The smallest absolute Gasteiger partial charge is 0.268 e. The number of halogens is 1. The van der Waals surface area contributed by atoms with Crippen LogP contribution >= 0.6 is 0 Å². The van der Waals surface area contributed by atoms with Gasteiger partial charge in [0, 0.05) is 35.5 Å². The van der Waals surface area contributed by atoms with Crippen molar-refractivity contribution in [1.29, 1.82) is 5.26 Å². The molecule has 0 bridgehead atoms. The van der Waals surface area contributed by atoms with Crippen LogP contribution < -0.4 is 0 Å². The second kappa shape index (κ2) is 10.5. The third kappa shape index (κ3) is 4.72. The minimum atomic E-state index is -4.06. The van der Waals surface area contributed by atoms with Crippen molar-refractivity contribution in [2.75, 3.05) is 6.61 Å². The van der Waals surface area contributed by atoms with Gasteiger partial charge >= 0.3 is 0 Å². The number of carbonyl (C=O) groups excluding carboxylic acids is 1. The Morgan fingerprint density at radius 2 is 2.00 bits per heavy atom. The number of nitrogens with zero attached hydrogens (tertiary/aromatic N) is 3. The molecule has 2 unspecified atom stereocenters. The Balaban J connectivity index is 1.68. The van der Waals surface area contributed by atoms with E-state index in [1.165, 1.54) is 36.7 Å². The molecule has 10 heteroatoms. The van der Waals surface area contributed by atoms with Gasteiger partial charge in [0.2, 0.25) is 0 Å². The number of hydrogen-bond acceptors (Lipinski definition) is 7. The maximum absolute atomic E-state index is 16.0. The third-order valence-corrected chi connectivity index (χ3v) is 8.28. The number of rotatable bonds is 7. The molecule has 3 heterocycles. The Labute approximate surface area is 219 Å². The van der Waals surface area contributed by atoms with Gasteiger partial charge in [-0.1, -0.05) is 17.7 Å².